The van der Waals surface area contributed by atoms with Gasteiger partial charge in [0.2, 0.25) is 0 Å². The summed E-state index contributed by atoms with van der Waals surface area (Å²) in [7, 11) is 0. The molecule has 130 valence electrons. The van der Waals surface area contributed by atoms with Crippen molar-refractivity contribution in [2.24, 2.45) is 0 Å². The van der Waals surface area contributed by atoms with E-state index in [1.807, 2.05) is 18.2 Å². The number of rotatable bonds is 4. The number of aliphatic hydroxyl groups excluding tert-OH is 1. The van der Waals surface area contributed by atoms with E-state index < -0.39 is 6.10 Å². The number of nitrogens with zero attached hydrogens (tertiary/aromatic N) is 1. The molecular weight excluding hydrogens is 368 g/mol. The van der Waals surface area contributed by atoms with Crippen LogP contribution in [0.2, 0.25) is 5.02 Å². The average Bonchev–Trinajstić information content (AvgIpc) is 3.08. The first kappa shape index (κ1) is 16.8. The molecule has 0 radical (unpaired) electrons. The molecule has 1 atom stereocenters. The minimum absolute atomic E-state index is 0.621. The molecule has 2 heterocycles. The number of nitrogen functional groups attached to an aromatic ring is 1. The third-order valence-corrected chi connectivity index (χ3v) is 5.34. The Kier molecular flexibility index (Phi) is 4.51. The second-order valence-electron chi connectivity index (χ2n) is 5.83. The smallest absolute Gasteiger partial charge is 0.154 e. The molecule has 0 amide bonds. The Morgan fingerprint density at radius 1 is 1.08 bits per heavy atom. The maximum absolute atomic E-state index is 10.7. The minimum Gasteiger partial charge on any atom is -0.455 e. The monoisotopic (exact) mass is 382 g/mol. The van der Waals surface area contributed by atoms with Crippen LogP contribution in [0.1, 0.15) is 16.5 Å². The molecule has 4 nitrogen and oxygen atoms in total. The average molecular weight is 383 g/mol. The summed E-state index contributed by atoms with van der Waals surface area (Å²) in [6.07, 6.45) is 2.68. The maximum atomic E-state index is 10.7. The van der Waals surface area contributed by atoms with Gasteiger partial charge in [-0.1, -0.05) is 23.7 Å². The van der Waals surface area contributed by atoms with Crippen LogP contribution in [0.3, 0.4) is 0 Å². The summed E-state index contributed by atoms with van der Waals surface area (Å²) in [6.45, 7) is 0. The topological polar surface area (TPSA) is 68.4 Å². The first-order valence-corrected chi connectivity index (χ1v) is 9.14. The van der Waals surface area contributed by atoms with Crippen molar-refractivity contribution in [2.75, 3.05) is 5.73 Å². The highest BCUT2D eigenvalue weighted by Gasteiger charge is 2.16. The van der Waals surface area contributed by atoms with Crippen LogP contribution < -0.4 is 10.5 Å². The number of thiophene rings is 1. The Labute approximate surface area is 159 Å². The van der Waals surface area contributed by atoms with Gasteiger partial charge in [0, 0.05) is 27.2 Å². The van der Waals surface area contributed by atoms with Gasteiger partial charge in [-0.15, -0.1) is 11.3 Å². The molecule has 0 bridgehead atoms. The quantitative estimate of drug-likeness (QED) is 0.463. The number of hydrogen-bond acceptors (Lipinski definition) is 5. The van der Waals surface area contributed by atoms with Crippen LogP contribution in [0.25, 0.3) is 10.1 Å². The molecule has 0 aliphatic carbocycles. The zero-order valence-electron chi connectivity index (χ0n) is 13.6. The fraction of sp³-hybridized carbons (Fsp3) is 0.0500. The number of benzene rings is 2. The third-order valence-electron chi connectivity index (χ3n) is 3.97. The van der Waals surface area contributed by atoms with Crippen LogP contribution >= 0.6 is 22.9 Å². The molecule has 26 heavy (non-hydrogen) atoms. The highest BCUT2D eigenvalue weighted by Crippen LogP contribution is 2.38. The molecule has 0 fully saturated rings. The summed E-state index contributed by atoms with van der Waals surface area (Å²) in [5, 5.41) is 12.3. The molecule has 0 spiro atoms. The van der Waals surface area contributed by atoms with E-state index in [2.05, 4.69) is 4.98 Å². The zero-order chi connectivity index (χ0) is 18.1. The van der Waals surface area contributed by atoms with Gasteiger partial charge in [0.25, 0.3) is 0 Å². The van der Waals surface area contributed by atoms with Gasteiger partial charge >= 0.3 is 0 Å². The molecule has 0 aliphatic heterocycles. The molecule has 1 unspecified atom stereocenters. The molecule has 2 aromatic carbocycles. The lowest BCUT2D eigenvalue weighted by Crippen LogP contribution is -1.97. The lowest BCUT2D eigenvalue weighted by atomic mass is 10.1. The molecule has 2 aromatic heterocycles. The van der Waals surface area contributed by atoms with Crippen LogP contribution in [-0.4, -0.2) is 10.1 Å². The van der Waals surface area contributed by atoms with E-state index in [-0.39, 0.29) is 0 Å². The van der Waals surface area contributed by atoms with Crippen molar-refractivity contribution in [3.05, 3.63) is 82.5 Å². The van der Waals surface area contributed by atoms with Crippen molar-refractivity contribution < 1.29 is 9.84 Å². The Bertz CT molecular complexity index is 1060. The first-order chi connectivity index (χ1) is 12.6. The summed E-state index contributed by atoms with van der Waals surface area (Å²) in [4.78, 5) is 5.05. The second-order valence-corrected chi connectivity index (χ2v) is 7.38. The van der Waals surface area contributed by atoms with Gasteiger partial charge in [-0.2, -0.15) is 0 Å². The predicted molar refractivity (Wildman–Crippen MR) is 106 cm³/mol. The van der Waals surface area contributed by atoms with Crippen molar-refractivity contribution in [1.29, 1.82) is 0 Å². The van der Waals surface area contributed by atoms with E-state index in [0.29, 0.717) is 22.2 Å². The fourth-order valence-electron chi connectivity index (χ4n) is 2.69. The standard InChI is InChI=1S/C20H15ClN2O2S/c21-13-4-6-15(7-5-13)25-17-10-23-11-19-16(17)9-18(26-19)20(24)12-2-1-3-14(22)8-12/h1-11,20,24H,22H2. The summed E-state index contributed by atoms with van der Waals surface area (Å²) in [6, 6.07) is 16.3. The van der Waals surface area contributed by atoms with Gasteiger partial charge in [0.1, 0.15) is 11.9 Å². The summed E-state index contributed by atoms with van der Waals surface area (Å²) >= 11 is 7.39. The number of ether oxygens (including phenoxy) is 1. The van der Waals surface area contributed by atoms with Gasteiger partial charge in [0.05, 0.1) is 10.9 Å². The lowest BCUT2D eigenvalue weighted by molar-refractivity contribution is 0.224. The second kappa shape index (κ2) is 6.96. The van der Waals surface area contributed by atoms with Gasteiger partial charge in [0.15, 0.2) is 5.75 Å². The molecule has 0 aliphatic rings. The number of nitrogens with two attached hydrogens (primary N) is 1. The van der Waals surface area contributed by atoms with Crippen molar-refractivity contribution >= 4 is 38.7 Å². The number of aromatic nitrogens is 1. The lowest BCUT2D eigenvalue weighted by Gasteiger charge is -2.09. The third kappa shape index (κ3) is 3.37. The van der Waals surface area contributed by atoms with E-state index in [1.54, 1.807) is 48.8 Å². The first-order valence-electron chi connectivity index (χ1n) is 7.94. The minimum atomic E-state index is -0.751. The molecule has 4 aromatic rings. The van der Waals surface area contributed by atoms with Crippen LogP contribution in [0.15, 0.2) is 67.0 Å². The van der Waals surface area contributed by atoms with E-state index in [9.17, 15) is 5.11 Å². The van der Waals surface area contributed by atoms with E-state index in [1.165, 1.54) is 11.3 Å². The predicted octanol–water partition coefficient (Wildman–Crippen LogP) is 5.41. The maximum Gasteiger partial charge on any atom is 0.154 e. The highest BCUT2D eigenvalue weighted by atomic mass is 35.5. The Morgan fingerprint density at radius 2 is 1.88 bits per heavy atom. The fourth-order valence-corrected chi connectivity index (χ4v) is 3.88. The Morgan fingerprint density at radius 3 is 2.65 bits per heavy atom. The van der Waals surface area contributed by atoms with E-state index in [0.717, 1.165) is 20.5 Å². The molecule has 6 heteroatoms. The van der Waals surface area contributed by atoms with Gasteiger partial charge in [-0.3, -0.25) is 4.98 Å². The number of pyridine rings is 1. The number of fused-ring (bicyclic) bond motifs is 1. The Hall–Kier alpha value is -2.60. The highest BCUT2D eigenvalue weighted by molar-refractivity contribution is 7.19. The van der Waals surface area contributed by atoms with Gasteiger partial charge < -0.3 is 15.6 Å². The number of halogens is 1. The van der Waals surface area contributed by atoms with Crippen molar-refractivity contribution in [3.63, 3.8) is 0 Å². The van der Waals surface area contributed by atoms with E-state index in [4.69, 9.17) is 22.1 Å². The summed E-state index contributed by atoms with van der Waals surface area (Å²) < 4.78 is 6.89. The molecule has 3 N–H and O–H groups in total. The SMILES string of the molecule is Nc1cccc(C(O)c2cc3c(Oc4ccc(Cl)cc4)cncc3s2)c1. The van der Waals surface area contributed by atoms with E-state index >= 15 is 0 Å². The number of hydrogen-bond donors (Lipinski definition) is 2. The largest absolute Gasteiger partial charge is 0.455 e. The number of aliphatic hydroxyl groups is 1. The van der Waals surface area contributed by atoms with Gasteiger partial charge in [-0.05, 0) is 48.0 Å². The molecular formula is C20H15ClN2O2S. The van der Waals surface area contributed by atoms with Crippen molar-refractivity contribution in [3.8, 4) is 11.5 Å². The Balaban J connectivity index is 1.70. The van der Waals surface area contributed by atoms with Crippen molar-refractivity contribution in [1.82, 2.24) is 4.98 Å². The van der Waals surface area contributed by atoms with Crippen LogP contribution in [0, 0.1) is 0 Å². The van der Waals surface area contributed by atoms with Gasteiger partial charge in [-0.25, -0.2) is 0 Å². The molecule has 0 saturated carbocycles. The van der Waals surface area contributed by atoms with Crippen LogP contribution in [0.5, 0.6) is 11.5 Å². The van der Waals surface area contributed by atoms with Crippen molar-refractivity contribution in [2.45, 2.75) is 6.10 Å². The molecule has 0 saturated heterocycles. The number of anilines is 1. The van der Waals surface area contributed by atoms with Crippen LogP contribution in [-0.2, 0) is 0 Å². The molecule has 4 rings (SSSR count). The zero-order valence-corrected chi connectivity index (χ0v) is 15.2. The normalized spacial score (nSPS) is 12.2. The van der Waals surface area contributed by atoms with Crippen LogP contribution in [0.4, 0.5) is 5.69 Å². The summed E-state index contributed by atoms with van der Waals surface area (Å²) in [5.74, 6) is 1.31. The summed E-state index contributed by atoms with van der Waals surface area (Å²) in [5.41, 5.74) is 7.20.